The largest absolute Gasteiger partial charge is 0.309 e. The highest BCUT2D eigenvalue weighted by Crippen LogP contribution is 2.65. The van der Waals surface area contributed by atoms with E-state index in [4.69, 9.17) is 0 Å². The molecule has 1 heteroatoms. The summed E-state index contributed by atoms with van der Waals surface area (Å²) in [4.78, 5) is 2.55. The molecule has 9 aromatic rings. The van der Waals surface area contributed by atoms with E-state index in [0.29, 0.717) is 0 Å². The predicted molar refractivity (Wildman–Crippen MR) is 246 cm³/mol. The monoisotopic (exact) mass is 751 g/mol. The van der Waals surface area contributed by atoms with Gasteiger partial charge in [-0.15, -0.1) is 0 Å². The average Bonchev–Trinajstić information content (AvgIpc) is 3.86. The number of nitrogens with zero attached hydrogens (tertiary/aromatic N) is 1. The quantitative estimate of drug-likeness (QED) is 0.169. The molecule has 0 saturated carbocycles. The van der Waals surface area contributed by atoms with Crippen molar-refractivity contribution in [2.24, 2.45) is 0 Å². The van der Waals surface area contributed by atoms with Gasteiger partial charge in [0.1, 0.15) is 0 Å². The number of para-hydroxylation sites is 1. The lowest BCUT2D eigenvalue weighted by molar-refractivity contribution is 0.660. The molecule has 1 spiro atoms. The summed E-state index contributed by atoms with van der Waals surface area (Å²) in [7, 11) is 0. The zero-order chi connectivity index (χ0) is 39.3. The van der Waals surface area contributed by atoms with Crippen molar-refractivity contribution >= 4 is 17.1 Å². The number of fused-ring (bicyclic) bond motifs is 13. The molecule has 12 rings (SSSR count). The van der Waals surface area contributed by atoms with Gasteiger partial charge in [0.05, 0.1) is 16.8 Å². The lowest BCUT2D eigenvalue weighted by Crippen LogP contribution is -2.26. The van der Waals surface area contributed by atoms with Crippen molar-refractivity contribution in [1.29, 1.82) is 0 Å². The number of hydrogen-bond acceptors (Lipinski definition) is 1. The van der Waals surface area contributed by atoms with E-state index in [2.05, 4.69) is 231 Å². The predicted octanol–water partition coefficient (Wildman–Crippen LogP) is 15.1. The summed E-state index contributed by atoms with van der Waals surface area (Å²) in [6.07, 6.45) is 0. The van der Waals surface area contributed by atoms with Crippen molar-refractivity contribution < 1.29 is 0 Å². The van der Waals surface area contributed by atoms with Crippen molar-refractivity contribution in [1.82, 2.24) is 0 Å². The second kappa shape index (κ2) is 12.6. The Labute approximate surface area is 346 Å². The fraction of sp³-hybridized carbons (Fsp3) is 0.0690. The molecule has 0 aromatic heterocycles. The van der Waals surface area contributed by atoms with Crippen LogP contribution < -0.4 is 4.90 Å². The number of anilines is 3. The van der Waals surface area contributed by atoms with E-state index in [1.807, 2.05) is 0 Å². The molecule has 0 radical (unpaired) electrons. The Bertz CT molecular complexity index is 3140. The smallest absolute Gasteiger partial charge is 0.0726 e. The summed E-state index contributed by atoms with van der Waals surface area (Å²) in [5, 5.41) is 0. The van der Waals surface area contributed by atoms with Gasteiger partial charge in [-0.1, -0.05) is 196 Å². The van der Waals surface area contributed by atoms with Gasteiger partial charge < -0.3 is 4.90 Å². The SMILES string of the molecule is CC1(C)c2ccccc2-c2ccc(N(c3ccccc3-c3ccccc3)c3cccc4c3-c3ccccc3C43c4ccccc4-c4cc(-c5ccccc5)ccc43)cc21. The van der Waals surface area contributed by atoms with Gasteiger partial charge in [0.25, 0.3) is 0 Å². The molecule has 0 N–H and O–H groups in total. The molecular formula is C58H41N. The molecular weight excluding hydrogens is 711 g/mol. The first kappa shape index (κ1) is 33.9. The van der Waals surface area contributed by atoms with Crippen LogP contribution in [0.5, 0.6) is 0 Å². The standard InChI is InChI=1S/C58H41N/c1-57(2)48-26-13-9-23-43(48)45-34-33-41(37-53(45)57)59(54-30-16-12-22-42(54)39-20-7-4-8-21-39)55-31-17-29-52-56(55)46-25-11-15-28-50(46)58(52)49-27-14-10-24-44(49)47-36-40(32-35-51(47)58)38-18-5-3-6-19-38/h3-37H,1-2H3. The van der Waals surface area contributed by atoms with Crippen LogP contribution in [0.1, 0.15) is 47.2 Å². The third kappa shape index (κ3) is 4.67. The Morgan fingerprint density at radius 1 is 0.305 bits per heavy atom. The first-order valence-corrected chi connectivity index (χ1v) is 20.8. The van der Waals surface area contributed by atoms with Gasteiger partial charge in [0.15, 0.2) is 0 Å². The zero-order valence-electron chi connectivity index (χ0n) is 33.2. The van der Waals surface area contributed by atoms with Crippen molar-refractivity contribution in [3.05, 3.63) is 246 Å². The van der Waals surface area contributed by atoms with Gasteiger partial charge in [0, 0.05) is 22.2 Å². The summed E-state index contributed by atoms with van der Waals surface area (Å²) < 4.78 is 0. The second-order valence-electron chi connectivity index (χ2n) is 16.8. The molecule has 0 fully saturated rings. The van der Waals surface area contributed by atoms with E-state index >= 15 is 0 Å². The fourth-order valence-electron chi connectivity index (χ4n) is 10.9. The highest BCUT2D eigenvalue weighted by molar-refractivity contribution is 6.03. The van der Waals surface area contributed by atoms with Crippen molar-refractivity contribution in [3.63, 3.8) is 0 Å². The highest BCUT2D eigenvalue weighted by atomic mass is 15.1. The molecule has 59 heavy (non-hydrogen) atoms. The molecule has 0 bridgehead atoms. The first-order chi connectivity index (χ1) is 29.0. The first-order valence-electron chi connectivity index (χ1n) is 20.8. The summed E-state index contributed by atoms with van der Waals surface area (Å²) in [5.74, 6) is 0. The van der Waals surface area contributed by atoms with Crippen LogP contribution >= 0.6 is 0 Å². The fourth-order valence-corrected chi connectivity index (χ4v) is 10.9. The average molecular weight is 752 g/mol. The molecule has 0 heterocycles. The molecule has 1 atom stereocenters. The number of benzene rings is 9. The Morgan fingerprint density at radius 2 is 0.831 bits per heavy atom. The van der Waals surface area contributed by atoms with Crippen LogP contribution in [0.15, 0.2) is 212 Å². The minimum Gasteiger partial charge on any atom is -0.309 e. The van der Waals surface area contributed by atoms with E-state index in [0.717, 1.165) is 11.4 Å². The molecule has 3 aliphatic carbocycles. The van der Waals surface area contributed by atoms with Crippen LogP contribution in [0.25, 0.3) is 55.6 Å². The molecule has 0 saturated heterocycles. The molecule has 0 amide bonds. The van der Waals surface area contributed by atoms with Crippen LogP contribution in [0.4, 0.5) is 17.1 Å². The normalized spacial score (nSPS) is 15.8. The topological polar surface area (TPSA) is 3.24 Å². The van der Waals surface area contributed by atoms with Crippen LogP contribution in [-0.4, -0.2) is 0 Å². The van der Waals surface area contributed by atoms with E-state index in [1.165, 1.54) is 94.7 Å². The summed E-state index contributed by atoms with van der Waals surface area (Å²) in [6.45, 7) is 4.75. The third-order valence-corrected chi connectivity index (χ3v) is 13.5. The number of rotatable bonds is 5. The lowest BCUT2D eigenvalue weighted by atomic mass is 9.70. The maximum atomic E-state index is 2.55. The summed E-state index contributed by atoms with van der Waals surface area (Å²) in [5.41, 5.74) is 23.6. The minimum atomic E-state index is -0.477. The van der Waals surface area contributed by atoms with Crippen LogP contribution in [0.3, 0.4) is 0 Å². The molecule has 3 aliphatic rings. The van der Waals surface area contributed by atoms with E-state index in [1.54, 1.807) is 0 Å². The summed E-state index contributed by atoms with van der Waals surface area (Å²) >= 11 is 0. The molecule has 278 valence electrons. The van der Waals surface area contributed by atoms with Gasteiger partial charge in [-0.2, -0.15) is 0 Å². The maximum Gasteiger partial charge on any atom is 0.0726 e. The molecule has 0 aliphatic heterocycles. The Hall–Kier alpha value is -7.22. The third-order valence-electron chi connectivity index (χ3n) is 13.5. The summed E-state index contributed by atoms with van der Waals surface area (Å²) in [6, 6.07) is 79.2. The molecule has 1 unspecified atom stereocenters. The zero-order valence-corrected chi connectivity index (χ0v) is 33.2. The molecule has 9 aromatic carbocycles. The van der Waals surface area contributed by atoms with Gasteiger partial charge >= 0.3 is 0 Å². The van der Waals surface area contributed by atoms with Gasteiger partial charge in [0.2, 0.25) is 0 Å². The van der Waals surface area contributed by atoms with Crippen molar-refractivity contribution in [2.45, 2.75) is 24.7 Å². The Kier molecular flexibility index (Phi) is 7.26. The van der Waals surface area contributed by atoms with Gasteiger partial charge in [-0.3, -0.25) is 0 Å². The minimum absolute atomic E-state index is 0.141. The van der Waals surface area contributed by atoms with E-state index in [9.17, 15) is 0 Å². The van der Waals surface area contributed by atoms with Gasteiger partial charge in [-0.05, 0) is 108 Å². The lowest BCUT2D eigenvalue weighted by Gasteiger charge is -2.33. The van der Waals surface area contributed by atoms with Crippen LogP contribution in [-0.2, 0) is 10.8 Å². The molecule has 1 nitrogen and oxygen atoms in total. The maximum absolute atomic E-state index is 2.55. The van der Waals surface area contributed by atoms with Crippen molar-refractivity contribution in [3.8, 4) is 55.6 Å². The van der Waals surface area contributed by atoms with Gasteiger partial charge in [-0.25, -0.2) is 0 Å². The van der Waals surface area contributed by atoms with Crippen LogP contribution in [0, 0.1) is 0 Å². The highest BCUT2D eigenvalue weighted by Gasteiger charge is 2.52. The van der Waals surface area contributed by atoms with E-state index < -0.39 is 5.41 Å². The Balaban J connectivity index is 1.15. The Morgan fingerprint density at radius 3 is 1.58 bits per heavy atom. The van der Waals surface area contributed by atoms with Crippen LogP contribution in [0.2, 0.25) is 0 Å². The van der Waals surface area contributed by atoms with E-state index in [-0.39, 0.29) is 5.41 Å². The number of hydrogen-bond donors (Lipinski definition) is 0. The second-order valence-corrected chi connectivity index (χ2v) is 16.8. The van der Waals surface area contributed by atoms with Crippen molar-refractivity contribution in [2.75, 3.05) is 4.90 Å².